The van der Waals surface area contributed by atoms with Gasteiger partial charge in [0.25, 0.3) is 0 Å². The second kappa shape index (κ2) is 54.9. The van der Waals surface area contributed by atoms with E-state index in [1.807, 2.05) is 0 Å². The molecule has 382 valence electrons. The molecule has 1 unspecified atom stereocenters. The van der Waals surface area contributed by atoms with E-state index in [2.05, 4.69) is 118 Å². The molecule has 0 spiro atoms. The van der Waals surface area contributed by atoms with E-state index in [-0.39, 0.29) is 31.1 Å². The van der Waals surface area contributed by atoms with Gasteiger partial charge in [-0.2, -0.15) is 0 Å². The van der Waals surface area contributed by atoms with Crippen LogP contribution in [0.3, 0.4) is 0 Å². The summed E-state index contributed by atoms with van der Waals surface area (Å²) in [5.41, 5.74) is 0. The van der Waals surface area contributed by atoms with E-state index in [4.69, 9.17) is 14.2 Å². The van der Waals surface area contributed by atoms with Crippen LogP contribution < -0.4 is 0 Å². The topological polar surface area (TPSA) is 78.9 Å². The Bertz CT molecular complexity index is 1350. The average Bonchev–Trinajstić information content (AvgIpc) is 3.33. The smallest absolute Gasteiger partial charge is 0.306 e. The molecule has 0 saturated heterocycles. The molecule has 0 radical (unpaired) electrons. The number of allylic oxidation sites excluding steroid dienone is 16. The summed E-state index contributed by atoms with van der Waals surface area (Å²) in [7, 11) is 0. The molecule has 0 amide bonds. The molecular weight excluding hydrogens is 829 g/mol. The number of carbonyl (C=O) groups is 3. The van der Waals surface area contributed by atoms with Crippen LogP contribution in [-0.2, 0) is 28.6 Å². The van der Waals surface area contributed by atoms with Crippen LogP contribution in [0.5, 0.6) is 0 Å². The number of carbonyl (C=O) groups excluding carboxylic acids is 3. The Morgan fingerprint density at radius 2 is 0.582 bits per heavy atom. The second-order valence-corrected chi connectivity index (χ2v) is 18.1. The van der Waals surface area contributed by atoms with Gasteiger partial charge in [-0.1, -0.05) is 227 Å². The zero-order valence-electron chi connectivity index (χ0n) is 43.6. The first-order valence-electron chi connectivity index (χ1n) is 27.7. The summed E-state index contributed by atoms with van der Waals surface area (Å²) in [4.78, 5) is 37.8. The maximum Gasteiger partial charge on any atom is 0.306 e. The minimum absolute atomic E-state index is 0.0901. The largest absolute Gasteiger partial charge is 0.462 e. The summed E-state index contributed by atoms with van der Waals surface area (Å²) in [5.74, 6) is -0.940. The van der Waals surface area contributed by atoms with Crippen LogP contribution in [-0.4, -0.2) is 37.2 Å². The van der Waals surface area contributed by atoms with E-state index < -0.39 is 6.10 Å². The standard InChI is InChI=1S/C61H102O6/c1-4-7-10-13-15-17-19-21-23-25-27-28-29-30-31-32-34-35-37-39-41-43-45-48-51-54-60(63)66-57-58(56-65-59(62)53-50-47-12-9-6-3)67-61(64)55-52-49-46-44-42-40-38-36-33-26-24-22-20-18-16-14-11-8-5-2/h7,10,15,17,21-24,27-28,30-31,34-35,39,41,58H,4-6,8-9,11-14,16,18-20,25-26,29,32-33,36-38,40,42-57H2,1-3H3/b10-7-,17-15-,23-21-,24-22-,28-27-,31-30-,35-34-,41-39-. The Balaban J connectivity index is 4.21. The molecule has 67 heavy (non-hydrogen) atoms. The van der Waals surface area contributed by atoms with Crippen molar-refractivity contribution in [3.05, 3.63) is 97.2 Å². The lowest BCUT2D eigenvalue weighted by atomic mass is 10.1. The minimum Gasteiger partial charge on any atom is -0.462 e. The van der Waals surface area contributed by atoms with Crippen LogP contribution in [0.4, 0.5) is 0 Å². The van der Waals surface area contributed by atoms with Crippen molar-refractivity contribution in [1.82, 2.24) is 0 Å². The van der Waals surface area contributed by atoms with Gasteiger partial charge in [-0.25, -0.2) is 0 Å². The molecule has 0 aliphatic heterocycles. The third-order valence-corrected chi connectivity index (χ3v) is 11.6. The van der Waals surface area contributed by atoms with Crippen molar-refractivity contribution in [2.45, 2.75) is 258 Å². The van der Waals surface area contributed by atoms with E-state index in [0.29, 0.717) is 19.3 Å². The van der Waals surface area contributed by atoms with E-state index in [0.717, 1.165) is 116 Å². The van der Waals surface area contributed by atoms with Gasteiger partial charge in [0.15, 0.2) is 6.10 Å². The highest BCUT2D eigenvalue weighted by molar-refractivity contribution is 5.71. The number of unbranched alkanes of at least 4 members (excludes halogenated alkanes) is 22. The van der Waals surface area contributed by atoms with Crippen molar-refractivity contribution in [1.29, 1.82) is 0 Å². The fourth-order valence-electron chi connectivity index (χ4n) is 7.42. The first kappa shape index (κ1) is 63.3. The molecule has 0 aromatic carbocycles. The van der Waals surface area contributed by atoms with Crippen molar-refractivity contribution in [3.63, 3.8) is 0 Å². The molecule has 0 aliphatic rings. The lowest BCUT2D eigenvalue weighted by Crippen LogP contribution is -2.30. The number of ether oxygens (including phenoxy) is 3. The molecular formula is C61H102O6. The van der Waals surface area contributed by atoms with Gasteiger partial charge in [-0.15, -0.1) is 0 Å². The molecule has 1 atom stereocenters. The monoisotopic (exact) mass is 931 g/mol. The molecule has 0 saturated carbocycles. The van der Waals surface area contributed by atoms with Crippen LogP contribution in [0.15, 0.2) is 97.2 Å². The summed E-state index contributed by atoms with van der Waals surface area (Å²) in [6, 6.07) is 0. The van der Waals surface area contributed by atoms with E-state index in [1.54, 1.807) is 0 Å². The van der Waals surface area contributed by atoms with Gasteiger partial charge in [0.05, 0.1) is 0 Å². The van der Waals surface area contributed by atoms with Gasteiger partial charge < -0.3 is 14.2 Å². The van der Waals surface area contributed by atoms with Gasteiger partial charge in [0, 0.05) is 19.3 Å². The maximum absolute atomic E-state index is 12.8. The average molecular weight is 931 g/mol. The number of rotatable bonds is 49. The van der Waals surface area contributed by atoms with E-state index in [9.17, 15) is 14.4 Å². The number of esters is 3. The fourth-order valence-corrected chi connectivity index (χ4v) is 7.42. The molecule has 0 aromatic rings. The SMILES string of the molecule is CC/C=C\C/C=C\C/C=C\C/C=C\C/C=C\C/C=C\C/C=C\CCCCCC(=O)OCC(COC(=O)CCCCCCC)OC(=O)CCCCCCCCCCC/C=C\CCCCCCCC. The highest BCUT2D eigenvalue weighted by Gasteiger charge is 2.19. The Hall–Kier alpha value is -3.67. The maximum atomic E-state index is 12.8. The van der Waals surface area contributed by atoms with Crippen molar-refractivity contribution in [2.24, 2.45) is 0 Å². The summed E-state index contributed by atoms with van der Waals surface area (Å²) in [6.07, 6.45) is 72.9. The number of hydrogen-bond donors (Lipinski definition) is 0. The molecule has 0 rings (SSSR count). The molecule has 6 nitrogen and oxygen atoms in total. The molecule has 0 fully saturated rings. The molecule has 6 heteroatoms. The van der Waals surface area contributed by atoms with Gasteiger partial charge in [-0.3, -0.25) is 14.4 Å². The Labute approximate surface area is 413 Å². The third-order valence-electron chi connectivity index (χ3n) is 11.6. The van der Waals surface area contributed by atoms with Crippen molar-refractivity contribution in [2.75, 3.05) is 13.2 Å². The minimum atomic E-state index is -0.789. The van der Waals surface area contributed by atoms with Gasteiger partial charge in [-0.05, 0) is 103 Å². The van der Waals surface area contributed by atoms with Gasteiger partial charge in [0.1, 0.15) is 13.2 Å². The molecule has 0 heterocycles. The van der Waals surface area contributed by atoms with Gasteiger partial charge >= 0.3 is 17.9 Å². The van der Waals surface area contributed by atoms with Crippen LogP contribution in [0, 0.1) is 0 Å². The fraction of sp³-hybridized carbons (Fsp3) is 0.689. The highest BCUT2D eigenvalue weighted by atomic mass is 16.6. The van der Waals surface area contributed by atoms with Crippen molar-refractivity contribution < 1.29 is 28.6 Å². The zero-order valence-corrected chi connectivity index (χ0v) is 43.6. The Morgan fingerprint density at radius 1 is 0.313 bits per heavy atom. The highest BCUT2D eigenvalue weighted by Crippen LogP contribution is 2.14. The third kappa shape index (κ3) is 53.2. The van der Waals surface area contributed by atoms with Crippen molar-refractivity contribution >= 4 is 17.9 Å². The van der Waals surface area contributed by atoms with Crippen molar-refractivity contribution in [3.8, 4) is 0 Å². The quantitative estimate of drug-likeness (QED) is 0.0262. The van der Waals surface area contributed by atoms with Gasteiger partial charge in [0.2, 0.25) is 0 Å². The van der Waals surface area contributed by atoms with Crippen LogP contribution in [0.25, 0.3) is 0 Å². The number of hydrogen-bond acceptors (Lipinski definition) is 6. The Morgan fingerprint density at radius 3 is 0.940 bits per heavy atom. The molecule has 0 N–H and O–H groups in total. The lowest BCUT2D eigenvalue weighted by Gasteiger charge is -2.18. The summed E-state index contributed by atoms with van der Waals surface area (Å²) < 4.78 is 16.7. The second-order valence-electron chi connectivity index (χ2n) is 18.1. The summed E-state index contributed by atoms with van der Waals surface area (Å²) >= 11 is 0. The van der Waals surface area contributed by atoms with Crippen LogP contribution >= 0.6 is 0 Å². The predicted molar refractivity (Wildman–Crippen MR) is 288 cm³/mol. The predicted octanol–water partition coefficient (Wildman–Crippen LogP) is 18.5. The summed E-state index contributed by atoms with van der Waals surface area (Å²) in [6.45, 7) is 6.41. The normalized spacial score (nSPS) is 12.8. The molecule has 0 aromatic heterocycles. The van der Waals surface area contributed by atoms with E-state index in [1.165, 1.54) is 96.3 Å². The van der Waals surface area contributed by atoms with Crippen LogP contribution in [0.1, 0.15) is 252 Å². The summed E-state index contributed by atoms with van der Waals surface area (Å²) in [5, 5.41) is 0. The van der Waals surface area contributed by atoms with E-state index >= 15 is 0 Å². The molecule has 0 bridgehead atoms. The first-order chi connectivity index (χ1) is 33.0. The zero-order chi connectivity index (χ0) is 48.6. The first-order valence-corrected chi connectivity index (χ1v) is 27.7. The lowest BCUT2D eigenvalue weighted by molar-refractivity contribution is -0.167. The molecule has 0 aliphatic carbocycles. The van der Waals surface area contributed by atoms with Crippen LogP contribution in [0.2, 0.25) is 0 Å². The Kier molecular flexibility index (Phi) is 51.9.